The standard InChI is InChI=1S/C24H29Cl2N3O/c1-3-4-5-6-15-24(2)17-29(28-23(24)18-7-9-19(25)10-8-18)16-22(30)27-21-13-11-20(26)12-14-21/h7-14H,3-6,15-17H2,1-2H3,(H,27,30). The van der Waals surface area contributed by atoms with Crippen LogP contribution in [0.4, 0.5) is 5.69 Å². The fourth-order valence-electron chi connectivity index (χ4n) is 3.92. The van der Waals surface area contributed by atoms with Crippen molar-refractivity contribution in [3.63, 3.8) is 0 Å². The zero-order chi connectivity index (χ0) is 21.6. The second-order valence-corrected chi connectivity index (χ2v) is 9.08. The van der Waals surface area contributed by atoms with Gasteiger partial charge in [-0.3, -0.25) is 9.80 Å². The fourth-order valence-corrected chi connectivity index (χ4v) is 4.17. The molecule has 0 aromatic heterocycles. The van der Waals surface area contributed by atoms with Crippen LogP contribution in [0.2, 0.25) is 10.0 Å². The number of halogens is 2. The largest absolute Gasteiger partial charge is 0.324 e. The van der Waals surface area contributed by atoms with Crippen LogP contribution in [0.3, 0.4) is 0 Å². The molecule has 0 radical (unpaired) electrons. The van der Waals surface area contributed by atoms with Crippen LogP contribution < -0.4 is 5.32 Å². The first-order chi connectivity index (χ1) is 14.4. The second kappa shape index (κ2) is 10.3. The Kier molecular flexibility index (Phi) is 7.79. The summed E-state index contributed by atoms with van der Waals surface area (Å²) < 4.78 is 0. The zero-order valence-corrected chi connectivity index (χ0v) is 19.1. The third-order valence-electron chi connectivity index (χ3n) is 5.50. The molecule has 4 nitrogen and oxygen atoms in total. The van der Waals surface area contributed by atoms with E-state index in [1.165, 1.54) is 19.3 Å². The van der Waals surface area contributed by atoms with E-state index in [0.29, 0.717) is 10.0 Å². The molecule has 1 amide bonds. The summed E-state index contributed by atoms with van der Waals surface area (Å²) in [6, 6.07) is 14.9. The summed E-state index contributed by atoms with van der Waals surface area (Å²) in [4.78, 5) is 12.6. The lowest BCUT2D eigenvalue weighted by Gasteiger charge is -2.27. The van der Waals surface area contributed by atoms with Crippen molar-refractivity contribution in [3.8, 4) is 0 Å². The molecule has 1 aliphatic rings. The number of nitrogens with one attached hydrogen (secondary N) is 1. The normalized spacial score (nSPS) is 18.4. The summed E-state index contributed by atoms with van der Waals surface area (Å²) in [6.07, 6.45) is 5.88. The van der Waals surface area contributed by atoms with Gasteiger partial charge < -0.3 is 5.32 Å². The lowest BCUT2D eigenvalue weighted by Crippen LogP contribution is -2.34. The first kappa shape index (κ1) is 22.6. The highest BCUT2D eigenvalue weighted by Gasteiger charge is 2.39. The number of hydrogen-bond acceptors (Lipinski definition) is 3. The average molecular weight is 446 g/mol. The van der Waals surface area contributed by atoms with Crippen molar-refractivity contribution in [2.75, 3.05) is 18.4 Å². The Morgan fingerprint density at radius 2 is 1.67 bits per heavy atom. The lowest BCUT2D eigenvalue weighted by atomic mass is 9.78. The predicted octanol–water partition coefficient (Wildman–Crippen LogP) is 6.63. The van der Waals surface area contributed by atoms with Gasteiger partial charge in [0.1, 0.15) is 6.54 Å². The van der Waals surface area contributed by atoms with Gasteiger partial charge in [0.05, 0.1) is 5.71 Å². The third-order valence-corrected chi connectivity index (χ3v) is 6.00. The minimum absolute atomic E-state index is 0.0910. The van der Waals surface area contributed by atoms with E-state index in [4.69, 9.17) is 28.3 Å². The van der Waals surface area contributed by atoms with Crippen LogP contribution in [0.5, 0.6) is 0 Å². The van der Waals surface area contributed by atoms with Gasteiger partial charge in [0.2, 0.25) is 5.91 Å². The summed E-state index contributed by atoms with van der Waals surface area (Å²) in [6.45, 7) is 5.41. The SMILES string of the molecule is CCCCCCC1(C)CN(CC(=O)Nc2ccc(Cl)cc2)N=C1c1ccc(Cl)cc1. The highest BCUT2D eigenvalue weighted by atomic mass is 35.5. The molecule has 0 bridgehead atoms. The molecule has 6 heteroatoms. The van der Waals surface area contributed by atoms with Crippen molar-refractivity contribution in [1.82, 2.24) is 5.01 Å². The highest BCUT2D eigenvalue weighted by molar-refractivity contribution is 6.31. The van der Waals surface area contributed by atoms with E-state index in [0.717, 1.165) is 36.3 Å². The first-order valence-corrected chi connectivity index (χ1v) is 11.3. The summed E-state index contributed by atoms with van der Waals surface area (Å²) in [7, 11) is 0. The molecule has 0 aliphatic carbocycles. The van der Waals surface area contributed by atoms with Crippen molar-refractivity contribution in [1.29, 1.82) is 0 Å². The number of carbonyl (C=O) groups is 1. The Balaban J connectivity index is 1.72. The lowest BCUT2D eigenvalue weighted by molar-refractivity contribution is -0.117. The van der Waals surface area contributed by atoms with Crippen molar-refractivity contribution in [2.24, 2.45) is 10.5 Å². The number of hydrazone groups is 1. The average Bonchev–Trinajstić information content (AvgIpc) is 3.04. The molecule has 1 heterocycles. The second-order valence-electron chi connectivity index (χ2n) is 8.20. The maximum atomic E-state index is 12.6. The molecule has 30 heavy (non-hydrogen) atoms. The minimum Gasteiger partial charge on any atom is -0.324 e. The van der Waals surface area contributed by atoms with Crippen LogP contribution in [0.1, 0.15) is 51.5 Å². The van der Waals surface area contributed by atoms with Gasteiger partial charge in [0.15, 0.2) is 0 Å². The summed E-state index contributed by atoms with van der Waals surface area (Å²) >= 11 is 12.0. The topological polar surface area (TPSA) is 44.7 Å². The van der Waals surface area contributed by atoms with Gasteiger partial charge in [0.25, 0.3) is 0 Å². The van der Waals surface area contributed by atoms with Crippen molar-refractivity contribution < 1.29 is 4.79 Å². The number of anilines is 1. The molecule has 2 aromatic rings. The Labute approximate surface area is 189 Å². The molecule has 2 aromatic carbocycles. The highest BCUT2D eigenvalue weighted by Crippen LogP contribution is 2.36. The molecular formula is C24H29Cl2N3O. The van der Waals surface area contributed by atoms with Crippen molar-refractivity contribution in [2.45, 2.75) is 46.0 Å². The van der Waals surface area contributed by atoms with Crippen LogP contribution >= 0.6 is 23.2 Å². The number of amides is 1. The Morgan fingerprint density at radius 3 is 2.30 bits per heavy atom. The Morgan fingerprint density at radius 1 is 1.03 bits per heavy atom. The molecule has 1 aliphatic heterocycles. The number of carbonyl (C=O) groups excluding carboxylic acids is 1. The maximum absolute atomic E-state index is 12.6. The fraction of sp³-hybridized carbons (Fsp3) is 0.417. The monoisotopic (exact) mass is 445 g/mol. The molecule has 3 rings (SSSR count). The van der Waals surface area contributed by atoms with Gasteiger partial charge >= 0.3 is 0 Å². The van der Waals surface area contributed by atoms with E-state index in [9.17, 15) is 4.79 Å². The molecule has 0 spiro atoms. The van der Waals surface area contributed by atoms with Crippen LogP contribution in [0.15, 0.2) is 53.6 Å². The smallest absolute Gasteiger partial charge is 0.245 e. The number of hydrogen-bond donors (Lipinski definition) is 1. The van der Waals surface area contributed by atoms with Gasteiger partial charge in [-0.05, 0) is 48.4 Å². The molecule has 1 N–H and O–H groups in total. The predicted molar refractivity (Wildman–Crippen MR) is 127 cm³/mol. The third kappa shape index (κ3) is 5.99. The van der Waals surface area contributed by atoms with Gasteiger partial charge in [-0.1, -0.05) is 74.9 Å². The van der Waals surface area contributed by atoms with Crippen LogP contribution in [-0.2, 0) is 4.79 Å². The van der Waals surface area contributed by atoms with E-state index in [1.807, 2.05) is 29.3 Å². The summed E-state index contributed by atoms with van der Waals surface area (Å²) in [5, 5.41) is 11.0. The minimum atomic E-state index is -0.0951. The number of nitrogens with zero attached hydrogens (tertiary/aromatic N) is 2. The molecule has 0 saturated heterocycles. The number of rotatable bonds is 9. The van der Waals surface area contributed by atoms with E-state index in [2.05, 4.69) is 19.2 Å². The summed E-state index contributed by atoms with van der Waals surface area (Å²) in [5.41, 5.74) is 2.74. The van der Waals surface area contributed by atoms with Gasteiger partial charge in [0, 0.05) is 27.7 Å². The molecule has 1 atom stereocenters. The molecule has 0 saturated carbocycles. The summed E-state index contributed by atoms with van der Waals surface area (Å²) in [5.74, 6) is -0.0910. The van der Waals surface area contributed by atoms with Crippen LogP contribution in [0.25, 0.3) is 0 Å². The van der Waals surface area contributed by atoms with E-state index in [1.54, 1.807) is 24.3 Å². The van der Waals surface area contributed by atoms with Crippen molar-refractivity contribution >= 4 is 40.5 Å². The van der Waals surface area contributed by atoms with Gasteiger partial charge in [-0.25, -0.2) is 0 Å². The quantitative estimate of drug-likeness (QED) is 0.440. The molecule has 160 valence electrons. The van der Waals surface area contributed by atoms with E-state index < -0.39 is 0 Å². The molecular weight excluding hydrogens is 417 g/mol. The maximum Gasteiger partial charge on any atom is 0.245 e. The zero-order valence-electron chi connectivity index (χ0n) is 17.6. The molecule has 1 unspecified atom stereocenters. The molecule has 0 fully saturated rings. The number of unbranched alkanes of at least 4 members (excludes halogenated alkanes) is 3. The number of benzene rings is 2. The van der Waals surface area contributed by atoms with Crippen LogP contribution in [-0.4, -0.2) is 29.7 Å². The van der Waals surface area contributed by atoms with Gasteiger partial charge in [-0.2, -0.15) is 5.10 Å². The first-order valence-electron chi connectivity index (χ1n) is 10.5. The van der Waals surface area contributed by atoms with Crippen molar-refractivity contribution in [3.05, 3.63) is 64.1 Å². The Bertz CT molecular complexity index is 880. The van der Waals surface area contributed by atoms with Crippen LogP contribution in [0, 0.1) is 5.41 Å². The van der Waals surface area contributed by atoms with E-state index in [-0.39, 0.29) is 17.9 Å². The van der Waals surface area contributed by atoms with E-state index >= 15 is 0 Å². The van der Waals surface area contributed by atoms with Gasteiger partial charge in [-0.15, -0.1) is 0 Å². The Hall–Kier alpha value is -2.04.